The van der Waals surface area contributed by atoms with Gasteiger partial charge in [0.15, 0.2) is 0 Å². The number of hydrogen-bond acceptors (Lipinski definition) is 4. The summed E-state index contributed by atoms with van der Waals surface area (Å²) in [5.74, 6) is -2.62. The second-order valence-electron chi connectivity index (χ2n) is 5.85. The third-order valence-corrected chi connectivity index (χ3v) is 9.08. The van der Waals surface area contributed by atoms with Crippen LogP contribution in [0.15, 0.2) is 11.1 Å². The van der Waals surface area contributed by atoms with Crippen LogP contribution in [-0.2, 0) is 18.8 Å². The minimum absolute atomic E-state index is 0.0700. The van der Waals surface area contributed by atoms with Crippen LogP contribution in [0, 0.1) is 0 Å². The van der Waals surface area contributed by atoms with E-state index in [1.807, 2.05) is 0 Å². The van der Waals surface area contributed by atoms with E-state index in [0.717, 1.165) is 18.1 Å². The van der Waals surface area contributed by atoms with Crippen molar-refractivity contribution in [3.63, 3.8) is 0 Å². The van der Waals surface area contributed by atoms with Gasteiger partial charge in [0, 0.05) is 17.6 Å². The third-order valence-electron chi connectivity index (χ3n) is 4.56. The molecule has 0 fully saturated rings. The Hall–Kier alpha value is -1.63. The SMILES string of the molecule is CC/C(C(=O)O)=C(/CCCCC(=O)O[Si](CC)(CC)CC)C(=O)O. The van der Waals surface area contributed by atoms with Gasteiger partial charge in [-0.15, -0.1) is 0 Å². The Balaban J connectivity index is 4.58. The van der Waals surface area contributed by atoms with Crippen molar-refractivity contribution in [1.29, 1.82) is 0 Å². The molecule has 0 bridgehead atoms. The molecule has 24 heavy (non-hydrogen) atoms. The highest BCUT2D eigenvalue weighted by Gasteiger charge is 2.32. The molecular weight excluding hydrogens is 328 g/mol. The van der Waals surface area contributed by atoms with Crippen molar-refractivity contribution in [2.24, 2.45) is 0 Å². The molecule has 0 unspecified atom stereocenters. The fourth-order valence-corrected chi connectivity index (χ4v) is 5.23. The van der Waals surface area contributed by atoms with E-state index in [-0.39, 0.29) is 36.4 Å². The Morgan fingerprint density at radius 3 is 1.62 bits per heavy atom. The molecular formula is C17H30O6Si. The summed E-state index contributed by atoms with van der Waals surface area (Å²) in [6, 6.07) is 2.70. The first-order valence-corrected chi connectivity index (χ1v) is 11.2. The number of unbranched alkanes of at least 4 members (excludes halogenated alkanes) is 1. The zero-order valence-electron chi connectivity index (χ0n) is 15.2. The molecule has 0 spiro atoms. The third kappa shape index (κ3) is 6.86. The Morgan fingerprint density at radius 1 is 0.792 bits per heavy atom. The number of aliphatic carboxylic acids is 2. The molecule has 0 rings (SSSR count). The minimum atomic E-state index is -1.95. The predicted molar refractivity (Wildman–Crippen MR) is 94.3 cm³/mol. The van der Waals surface area contributed by atoms with Gasteiger partial charge in [0.2, 0.25) is 0 Å². The molecule has 0 aromatic heterocycles. The normalized spacial score (nSPS) is 12.5. The highest BCUT2D eigenvalue weighted by molar-refractivity contribution is 6.74. The van der Waals surface area contributed by atoms with Crippen LogP contribution in [0.5, 0.6) is 0 Å². The van der Waals surface area contributed by atoms with Crippen molar-refractivity contribution >= 4 is 26.2 Å². The Labute approximate surface area is 145 Å². The lowest BCUT2D eigenvalue weighted by molar-refractivity contribution is -0.136. The minimum Gasteiger partial charge on any atom is -0.519 e. The van der Waals surface area contributed by atoms with Gasteiger partial charge in [-0.1, -0.05) is 27.7 Å². The molecule has 138 valence electrons. The number of carboxylic acid groups (broad SMARTS) is 2. The maximum Gasteiger partial charge on any atom is 0.332 e. The van der Waals surface area contributed by atoms with E-state index < -0.39 is 20.3 Å². The van der Waals surface area contributed by atoms with Crippen LogP contribution in [-0.4, -0.2) is 36.4 Å². The van der Waals surface area contributed by atoms with Gasteiger partial charge in [0.05, 0.1) is 0 Å². The summed E-state index contributed by atoms with van der Waals surface area (Å²) in [6.45, 7) is 7.77. The van der Waals surface area contributed by atoms with E-state index in [9.17, 15) is 19.5 Å². The smallest absolute Gasteiger partial charge is 0.332 e. The standard InChI is InChI=1S/C17H30O6Si/c1-5-13(16(19)20)14(17(21)22)11-9-10-12-15(18)23-24(6-2,7-3)8-4/h5-12H2,1-4H3,(H,19,20)(H,21,22)/b14-13+. The zero-order valence-corrected chi connectivity index (χ0v) is 16.2. The lowest BCUT2D eigenvalue weighted by atomic mass is 10.00. The topological polar surface area (TPSA) is 101 Å². The Morgan fingerprint density at radius 2 is 1.25 bits per heavy atom. The lowest BCUT2D eigenvalue weighted by Gasteiger charge is -2.27. The van der Waals surface area contributed by atoms with Crippen molar-refractivity contribution in [3.05, 3.63) is 11.1 Å². The first-order valence-electron chi connectivity index (χ1n) is 8.67. The molecule has 0 atom stereocenters. The number of rotatable bonds is 12. The van der Waals surface area contributed by atoms with Gasteiger partial charge in [0.1, 0.15) is 0 Å². The van der Waals surface area contributed by atoms with Crippen molar-refractivity contribution in [3.8, 4) is 0 Å². The van der Waals surface area contributed by atoms with Gasteiger partial charge in [-0.3, -0.25) is 4.79 Å². The van der Waals surface area contributed by atoms with E-state index in [2.05, 4.69) is 20.8 Å². The van der Waals surface area contributed by atoms with Gasteiger partial charge >= 0.3 is 11.9 Å². The average molecular weight is 359 g/mol. The fraction of sp³-hybridized carbons (Fsp3) is 0.706. The summed E-state index contributed by atoms with van der Waals surface area (Å²) in [4.78, 5) is 34.3. The van der Waals surface area contributed by atoms with Crippen LogP contribution in [0.2, 0.25) is 18.1 Å². The van der Waals surface area contributed by atoms with Crippen LogP contribution in [0.3, 0.4) is 0 Å². The molecule has 0 aliphatic heterocycles. The van der Waals surface area contributed by atoms with Gasteiger partial charge < -0.3 is 14.6 Å². The first kappa shape index (κ1) is 22.4. The van der Waals surface area contributed by atoms with Crippen LogP contribution >= 0.6 is 0 Å². The summed E-state index contributed by atoms with van der Waals surface area (Å²) in [5, 5.41) is 18.2. The van der Waals surface area contributed by atoms with Gasteiger partial charge in [-0.25, -0.2) is 9.59 Å². The van der Waals surface area contributed by atoms with Crippen LogP contribution in [0.1, 0.15) is 59.8 Å². The molecule has 0 heterocycles. The molecule has 0 aromatic carbocycles. The fourth-order valence-electron chi connectivity index (χ4n) is 2.71. The maximum absolute atomic E-state index is 12.0. The van der Waals surface area contributed by atoms with E-state index in [1.165, 1.54) is 0 Å². The van der Waals surface area contributed by atoms with E-state index in [1.54, 1.807) is 6.92 Å². The molecule has 0 radical (unpaired) electrons. The molecule has 0 aliphatic rings. The summed E-state index contributed by atoms with van der Waals surface area (Å²) in [7, 11) is -1.95. The van der Waals surface area contributed by atoms with Crippen LogP contribution in [0.25, 0.3) is 0 Å². The van der Waals surface area contributed by atoms with E-state index in [0.29, 0.717) is 12.8 Å². The van der Waals surface area contributed by atoms with Crippen LogP contribution in [0.4, 0.5) is 0 Å². The summed E-state index contributed by atoms with van der Waals surface area (Å²) in [5.41, 5.74) is -0.141. The van der Waals surface area contributed by atoms with Crippen molar-refractivity contribution in [1.82, 2.24) is 0 Å². The molecule has 0 saturated heterocycles. The summed E-state index contributed by atoms with van der Waals surface area (Å²) >= 11 is 0. The molecule has 2 N–H and O–H groups in total. The molecule has 0 aliphatic carbocycles. The van der Waals surface area contributed by atoms with Crippen molar-refractivity contribution in [2.75, 3.05) is 0 Å². The quantitative estimate of drug-likeness (QED) is 0.311. The largest absolute Gasteiger partial charge is 0.519 e. The highest BCUT2D eigenvalue weighted by Crippen LogP contribution is 2.23. The molecule has 6 nitrogen and oxygen atoms in total. The lowest BCUT2D eigenvalue weighted by Crippen LogP contribution is -2.38. The Bertz CT molecular complexity index is 471. The maximum atomic E-state index is 12.0. The molecule has 7 heteroatoms. The highest BCUT2D eigenvalue weighted by atomic mass is 28.4. The van der Waals surface area contributed by atoms with E-state index >= 15 is 0 Å². The molecule has 0 saturated carbocycles. The number of carbonyl (C=O) groups is 3. The average Bonchev–Trinajstić information content (AvgIpc) is 2.55. The second-order valence-corrected chi connectivity index (χ2v) is 10.5. The van der Waals surface area contributed by atoms with Crippen LogP contribution < -0.4 is 0 Å². The number of hydrogen-bond donors (Lipinski definition) is 2. The summed E-state index contributed by atoms with van der Waals surface area (Å²) < 4.78 is 5.72. The van der Waals surface area contributed by atoms with Gasteiger partial charge in [-0.05, 0) is 43.8 Å². The first-order chi connectivity index (χ1) is 11.3. The number of carbonyl (C=O) groups excluding carboxylic acids is 1. The predicted octanol–water partition coefficient (Wildman–Crippen LogP) is 3.97. The van der Waals surface area contributed by atoms with Crippen molar-refractivity contribution in [2.45, 2.75) is 77.9 Å². The van der Waals surface area contributed by atoms with Gasteiger partial charge in [-0.2, -0.15) is 0 Å². The number of carboxylic acids is 2. The monoisotopic (exact) mass is 358 g/mol. The van der Waals surface area contributed by atoms with Gasteiger partial charge in [0.25, 0.3) is 14.3 Å². The van der Waals surface area contributed by atoms with Crippen molar-refractivity contribution < 1.29 is 29.0 Å². The zero-order chi connectivity index (χ0) is 18.8. The molecule has 0 amide bonds. The summed E-state index contributed by atoms with van der Waals surface area (Å²) in [6.07, 6.45) is 1.50. The molecule has 0 aromatic rings. The second kappa shape index (κ2) is 11.0. The van der Waals surface area contributed by atoms with E-state index in [4.69, 9.17) is 9.53 Å². The Kier molecular flexibility index (Phi) is 10.3.